The van der Waals surface area contributed by atoms with Crippen molar-refractivity contribution in [3.05, 3.63) is 40.7 Å². The lowest BCUT2D eigenvalue weighted by molar-refractivity contribution is 0.415. The van der Waals surface area contributed by atoms with E-state index in [1.165, 1.54) is 19.3 Å². The molecule has 2 aromatic heterocycles. The highest BCUT2D eigenvalue weighted by Crippen LogP contribution is 2.35. The Kier molecular flexibility index (Phi) is 5.45. The minimum absolute atomic E-state index is 0.677. The molecule has 1 aromatic carbocycles. The molecule has 7 heteroatoms. The highest BCUT2D eigenvalue weighted by molar-refractivity contribution is 7.98. The van der Waals surface area contributed by atoms with Gasteiger partial charge < -0.3 is 14.6 Å². The normalized spacial score (nSPS) is 14.7. The number of piperidine rings is 1. The van der Waals surface area contributed by atoms with Crippen LogP contribution in [0.4, 0.5) is 5.69 Å². The molecule has 4 rings (SSSR count). The highest BCUT2D eigenvalue weighted by Gasteiger charge is 2.19. The number of hydrogen-bond donors (Lipinski definition) is 1. The molecule has 0 saturated carbocycles. The van der Waals surface area contributed by atoms with E-state index in [1.807, 2.05) is 24.4 Å². The third-order valence-corrected chi connectivity index (χ3v) is 6.22. The molecule has 0 radical (unpaired) electrons. The average molecular weight is 403 g/mol. The summed E-state index contributed by atoms with van der Waals surface area (Å²) < 4.78 is 5.27. The molecule has 1 fully saturated rings. The van der Waals surface area contributed by atoms with Crippen LogP contribution >= 0.6 is 23.4 Å². The Bertz CT molecular complexity index is 953. The number of benzene rings is 1. The second kappa shape index (κ2) is 7.98. The number of anilines is 1. The van der Waals surface area contributed by atoms with Gasteiger partial charge in [-0.2, -0.15) is 0 Å². The summed E-state index contributed by atoms with van der Waals surface area (Å²) in [5.74, 6) is 1.49. The molecule has 0 atom stereocenters. The van der Waals surface area contributed by atoms with E-state index < -0.39 is 0 Å². The van der Waals surface area contributed by atoms with E-state index in [4.69, 9.17) is 16.3 Å². The molecule has 142 valence electrons. The predicted octanol–water partition coefficient (Wildman–Crippen LogP) is 5.21. The Morgan fingerprint density at radius 1 is 1.26 bits per heavy atom. The lowest BCUT2D eigenvalue weighted by atomic mass is 10.1. The van der Waals surface area contributed by atoms with Gasteiger partial charge in [0.05, 0.1) is 34.5 Å². The van der Waals surface area contributed by atoms with Crippen LogP contribution in [0.25, 0.3) is 11.0 Å². The number of aryl methyl sites for hydroxylation is 1. The van der Waals surface area contributed by atoms with Crippen LogP contribution in [0.3, 0.4) is 0 Å². The van der Waals surface area contributed by atoms with Crippen molar-refractivity contribution in [3.63, 3.8) is 0 Å². The summed E-state index contributed by atoms with van der Waals surface area (Å²) in [6, 6.07) is 5.83. The maximum atomic E-state index is 6.77. The zero-order valence-electron chi connectivity index (χ0n) is 15.6. The minimum Gasteiger partial charge on any atom is -0.497 e. The number of hydrogen-bond acceptors (Lipinski definition) is 5. The Balaban J connectivity index is 1.54. The number of fused-ring (bicyclic) bond motifs is 1. The first-order valence-electron chi connectivity index (χ1n) is 9.21. The first kappa shape index (κ1) is 18.4. The van der Waals surface area contributed by atoms with Gasteiger partial charge in [0.2, 0.25) is 0 Å². The number of H-pyrrole nitrogens is 1. The van der Waals surface area contributed by atoms with Gasteiger partial charge in [-0.25, -0.2) is 4.98 Å². The third-order valence-electron chi connectivity index (χ3n) is 4.93. The van der Waals surface area contributed by atoms with E-state index in [1.54, 1.807) is 18.9 Å². The van der Waals surface area contributed by atoms with Crippen molar-refractivity contribution in [1.82, 2.24) is 15.0 Å². The van der Waals surface area contributed by atoms with E-state index in [-0.39, 0.29) is 0 Å². The van der Waals surface area contributed by atoms with Gasteiger partial charge in [-0.1, -0.05) is 23.4 Å². The fourth-order valence-corrected chi connectivity index (χ4v) is 4.81. The molecule has 1 saturated heterocycles. The summed E-state index contributed by atoms with van der Waals surface area (Å²) >= 11 is 8.38. The van der Waals surface area contributed by atoms with Gasteiger partial charge in [-0.15, -0.1) is 0 Å². The molecule has 27 heavy (non-hydrogen) atoms. The van der Waals surface area contributed by atoms with Gasteiger partial charge in [0.15, 0.2) is 5.16 Å². The van der Waals surface area contributed by atoms with Crippen molar-refractivity contribution in [2.45, 2.75) is 37.1 Å². The zero-order valence-corrected chi connectivity index (χ0v) is 17.2. The van der Waals surface area contributed by atoms with Crippen LogP contribution in [0.5, 0.6) is 5.75 Å². The van der Waals surface area contributed by atoms with Gasteiger partial charge in [-0.3, -0.25) is 4.98 Å². The zero-order chi connectivity index (χ0) is 18.8. The first-order chi connectivity index (χ1) is 13.2. The Morgan fingerprint density at radius 3 is 2.85 bits per heavy atom. The number of imidazole rings is 1. The van der Waals surface area contributed by atoms with Crippen LogP contribution in [0.2, 0.25) is 5.02 Å². The lowest BCUT2D eigenvalue weighted by Crippen LogP contribution is -2.30. The van der Waals surface area contributed by atoms with Crippen molar-refractivity contribution in [2.75, 3.05) is 25.1 Å². The second-order valence-electron chi connectivity index (χ2n) is 6.81. The van der Waals surface area contributed by atoms with Gasteiger partial charge >= 0.3 is 0 Å². The monoisotopic (exact) mass is 402 g/mol. The fraction of sp³-hybridized carbons (Fsp3) is 0.400. The van der Waals surface area contributed by atoms with Crippen LogP contribution in [-0.2, 0) is 5.75 Å². The van der Waals surface area contributed by atoms with Crippen LogP contribution in [0.15, 0.2) is 29.6 Å². The first-order valence-corrected chi connectivity index (χ1v) is 10.6. The predicted molar refractivity (Wildman–Crippen MR) is 112 cm³/mol. The highest BCUT2D eigenvalue weighted by atomic mass is 35.5. The number of pyridine rings is 1. The van der Waals surface area contributed by atoms with E-state index in [2.05, 4.69) is 26.8 Å². The number of halogens is 1. The summed E-state index contributed by atoms with van der Waals surface area (Å²) in [5, 5.41) is 1.64. The smallest absolute Gasteiger partial charge is 0.166 e. The van der Waals surface area contributed by atoms with Crippen molar-refractivity contribution in [2.24, 2.45) is 0 Å². The van der Waals surface area contributed by atoms with Crippen LogP contribution in [0.1, 0.15) is 30.5 Å². The van der Waals surface area contributed by atoms with Gasteiger partial charge in [0.25, 0.3) is 0 Å². The molecular weight excluding hydrogens is 380 g/mol. The Labute approximate surface area is 168 Å². The second-order valence-corrected chi connectivity index (χ2v) is 8.15. The van der Waals surface area contributed by atoms with Crippen LogP contribution in [0, 0.1) is 6.92 Å². The van der Waals surface area contributed by atoms with E-state index in [0.29, 0.717) is 5.75 Å². The molecule has 0 amide bonds. The Hall–Kier alpha value is -1.92. The molecule has 0 aliphatic carbocycles. The van der Waals surface area contributed by atoms with Crippen molar-refractivity contribution >= 4 is 40.1 Å². The minimum atomic E-state index is 0.677. The summed E-state index contributed by atoms with van der Waals surface area (Å²) in [5.41, 5.74) is 5.10. The summed E-state index contributed by atoms with van der Waals surface area (Å²) in [4.78, 5) is 15.0. The molecule has 0 spiro atoms. The van der Waals surface area contributed by atoms with Gasteiger partial charge in [0, 0.05) is 31.1 Å². The Morgan fingerprint density at radius 2 is 2.07 bits per heavy atom. The SMILES string of the molecule is COc1ccc2nc(SCc3ncc(C)c(N4CCCCC4)c3Cl)[nH]c2c1. The standard InChI is InChI=1S/C20H23ClN4OS/c1-13-11-22-17(18(21)19(13)25-8-4-3-5-9-25)12-27-20-23-15-7-6-14(26-2)10-16(15)24-20/h6-7,10-11H,3-5,8-9,12H2,1-2H3,(H,23,24). The van der Waals surface area contributed by atoms with Crippen LogP contribution in [-0.4, -0.2) is 35.2 Å². The molecular formula is C20H23ClN4OS. The maximum absolute atomic E-state index is 6.77. The van der Waals surface area contributed by atoms with Crippen LogP contribution < -0.4 is 9.64 Å². The quantitative estimate of drug-likeness (QED) is 0.593. The van der Waals surface area contributed by atoms with E-state index in [0.717, 1.165) is 57.0 Å². The van der Waals surface area contributed by atoms with Crippen molar-refractivity contribution < 1.29 is 4.74 Å². The van der Waals surface area contributed by atoms with Gasteiger partial charge in [-0.05, 0) is 43.9 Å². The van der Waals surface area contributed by atoms with Crippen molar-refractivity contribution in [1.29, 1.82) is 0 Å². The summed E-state index contributed by atoms with van der Waals surface area (Å²) in [6.45, 7) is 4.23. The third kappa shape index (κ3) is 3.87. The number of ether oxygens (including phenoxy) is 1. The molecule has 1 N–H and O–H groups in total. The number of nitrogens with one attached hydrogen (secondary N) is 1. The molecule has 1 aliphatic rings. The van der Waals surface area contributed by atoms with E-state index >= 15 is 0 Å². The molecule has 1 aliphatic heterocycles. The van der Waals surface area contributed by atoms with Crippen molar-refractivity contribution in [3.8, 4) is 5.75 Å². The number of thioether (sulfide) groups is 1. The average Bonchev–Trinajstić information content (AvgIpc) is 3.10. The topological polar surface area (TPSA) is 54.0 Å². The molecule has 3 aromatic rings. The molecule has 0 bridgehead atoms. The van der Waals surface area contributed by atoms with Gasteiger partial charge in [0.1, 0.15) is 5.75 Å². The summed E-state index contributed by atoms with van der Waals surface area (Å²) in [7, 11) is 1.66. The number of methoxy groups -OCH3 is 1. The number of aromatic amines is 1. The summed E-state index contributed by atoms with van der Waals surface area (Å²) in [6.07, 6.45) is 5.70. The molecule has 3 heterocycles. The largest absolute Gasteiger partial charge is 0.497 e. The molecule has 5 nitrogen and oxygen atoms in total. The lowest BCUT2D eigenvalue weighted by Gasteiger charge is -2.31. The number of rotatable bonds is 5. The number of aromatic nitrogens is 3. The number of nitrogens with zero attached hydrogens (tertiary/aromatic N) is 3. The fourth-order valence-electron chi connectivity index (χ4n) is 3.51. The molecule has 0 unspecified atom stereocenters. The van der Waals surface area contributed by atoms with E-state index in [9.17, 15) is 0 Å². The maximum Gasteiger partial charge on any atom is 0.166 e.